The van der Waals surface area contributed by atoms with Crippen LogP contribution in [-0.4, -0.2) is 58.7 Å². The molecule has 1 aliphatic carbocycles. The Kier molecular flexibility index (Phi) is 7.32. The molecule has 6 nitrogen and oxygen atoms in total. The van der Waals surface area contributed by atoms with Crippen molar-refractivity contribution in [3.05, 3.63) is 0 Å². The average Bonchev–Trinajstić information content (AvgIpc) is 2.41. The Bertz CT molecular complexity index is 497. The normalized spacial score (nSPS) is 18.4. The highest BCUT2D eigenvalue weighted by Gasteiger charge is 2.36. The van der Waals surface area contributed by atoms with E-state index in [-0.39, 0.29) is 6.54 Å². The minimum absolute atomic E-state index is 0.242. The van der Waals surface area contributed by atoms with Crippen molar-refractivity contribution in [2.75, 3.05) is 39.6 Å². The molecule has 0 amide bonds. The van der Waals surface area contributed by atoms with Gasteiger partial charge in [-0.1, -0.05) is 6.42 Å². The van der Waals surface area contributed by atoms with Crippen molar-refractivity contribution in [1.29, 1.82) is 0 Å². The number of methoxy groups -OCH3 is 1. The van der Waals surface area contributed by atoms with Crippen LogP contribution in [0, 0.1) is 5.41 Å². The Labute approximate surface area is 141 Å². The standard InChI is InChI=1S/C16H33N3O3S/c1-6-17-14(18-12-15(2,3)23(5,20)21)19-13-16(8-7-9-16)10-11-22-4/h6-13H2,1-5H3,(H2,17,18,19). The van der Waals surface area contributed by atoms with Crippen LogP contribution < -0.4 is 10.6 Å². The molecular formula is C16H33N3O3S. The van der Waals surface area contributed by atoms with E-state index in [1.165, 1.54) is 25.5 Å². The molecule has 0 heterocycles. The lowest BCUT2D eigenvalue weighted by Crippen LogP contribution is -2.47. The molecule has 1 fully saturated rings. The maximum absolute atomic E-state index is 11.8. The van der Waals surface area contributed by atoms with E-state index in [9.17, 15) is 8.42 Å². The first-order chi connectivity index (χ1) is 10.7. The van der Waals surface area contributed by atoms with Crippen LogP contribution in [-0.2, 0) is 14.6 Å². The molecule has 0 aromatic carbocycles. The van der Waals surface area contributed by atoms with Crippen molar-refractivity contribution >= 4 is 15.8 Å². The van der Waals surface area contributed by atoms with Gasteiger partial charge in [-0.3, -0.25) is 4.99 Å². The van der Waals surface area contributed by atoms with E-state index in [0.29, 0.717) is 11.4 Å². The van der Waals surface area contributed by atoms with Gasteiger partial charge in [0.25, 0.3) is 0 Å². The van der Waals surface area contributed by atoms with Crippen molar-refractivity contribution in [1.82, 2.24) is 10.6 Å². The molecule has 0 unspecified atom stereocenters. The summed E-state index contributed by atoms with van der Waals surface area (Å²) in [6.45, 7) is 8.03. The number of nitrogens with zero attached hydrogens (tertiary/aromatic N) is 1. The summed E-state index contributed by atoms with van der Waals surface area (Å²) < 4.78 is 27.9. The van der Waals surface area contributed by atoms with E-state index in [2.05, 4.69) is 15.6 Å². The minimum atomic E-state index is -3.14. The third kappa shape index (κ3) is 5.95. The van der Waals surface area contributed by atoms with Gasteiger partial charge in [-0.05, 0) is 45.4 Å². The summed E-state index contributed by atoms with van der Waals surface area (Å²) in [5, 5.41) is 6.58. The number of guanidine groups is 1. The molecule has 2 N–H and O–H groups in total. The molecule has 0 saturated heterocycles. The Hall–Kier alpha value is -0.820. The van der Waals surface area contributed by atoms with Crippen molar-refractivity contribution in [2.24, 2.45) is 10.4 Å². The van der Waals surface area contributed by atoms with E-state index in [0.717, 1.165) is 26.1 Å². The van der Waals surface area contributed by atoms with Gasteiger partial charge in [0, 0.05) is 33.1 Å². The molecular weight excluding hydrogens is 314 g/mol. The molecule has 136 valence electrons. The fourth-order valence-corrected chi connectivity index (χ4v) is 2.81. The first-order valence-electron chi connectivity index (χ1n) is 8.36. The summed E-state index contributed by atoms with van der Waals surface area (Å²) in [7, 11) is -1.41. The fourth-order valence-electron chi connectivity index (χ4n) is 2.51. The summed E-state index contributed by atoms with van der Waals surface area (Å²) >= 11 is 0. The molecule has 0 radical (unpaired) electrons. The van der Waals surface area contributed by atoms with Crippen LogP contribution in [0.25, 0.3) is 0 Å². The van der Waals surface area contributed by atoms with Crippen LogP contribution in [0.3, 0.4) is 0 Å². The largest absolute Gasteiger partial charge is 0.385 e. The van der Waals surface area contributed by atoms with Gasteiger partial charge in [-0.25, -0.2) is 8.42 Å². The second-order valence-corrected chi connectivity index (χ2v) is 9.83. The number of ether oxygens (including phenoxy) is 1. The van der Waals surface area contributed by atoms with Gasteiger partial charge in [-0.2, -0.15) is 0 Å². The lowest BCUT2D eigenvalue weighted by atomic mass is 9.67. The summed E-state index contributed by atoms with van der Waals surface area (Å²) in [5.41, 5.74) is 0.290. The van der Waals surface area contributed by atoms with E-state index < -0.39 is 14.6 Å². The van der Waals surface area contributed by atoms with Crippen LogP contribution in [0.1, 0.15) is 46.5 Å². The Morgan fingerprint density at radius 2 is 1.96 bits per heavy atom. The molecule has 1 saturated carbocycles. The molecule has 1 aliphatic rings. The van der Waals surface area contributed by atoms with Crippen molar-refractivity contribution in [3.63, 3.8) is 0 Å². The highest BCUT2D eigenvalue weighted by molar-refractivity contribution is 7.92. The van der Waals surface area contributed by atoms with Crippen molar-refractivity contribution < 1.29 is 13.2 Å². The number of hydrogen-bond acceptors (Lipinski definition) is 4. The summed E-state index contributed by atoms with van der Waals surface area (Å²) in [5.74, 6) is 0.688. The van der Waals surface area contributed by atoms with E-state index in [1.807, 2.05) is 6.92 Å². The first kappa shape index (κ1) is 20.2. The smallest absolute Gasteiger partial charge is 0.191 e. The maximum atomic E-state index is 11.8. The third-order valence-electron chi connectivity index (χ3n) is 4.85. The zero-order valence-corrected chi connectivity index (χ0v) is 16.1. The fraction of sp³-hybridized carbons (Fsp3) is 0.938. The molecule has 0 spiro atoms. The lowest BCUT2D eigenvalue weighted by Gasteiger charge is -2.42. The van der Waals surface area contributed by atoms with Crippen molar-refractivity contribution in [2.45, 2.75) is 51.2 Å². The molecule has 7 heteroatoms. The van der Waals surface area contributed by atoms with E-state index in [4.69, 9.17) is 4.74 Å². The number of nitrogens with one attached hydrogen (secondary N) is 2. The van der Waals surface area contributed by atoms with Gasteiger partial charge >= 0.3 is 0 Å². The molecule has 0 atom stereocenters. The molecule has 23 heavy (non-hydrogen) atoms. The highest BCUT2D eigenvalue weighted by Crippen LogP contribution is 2.43. The Morgan fingerprint density at radius 1 is 1.30 bits per heavy atom. The summed E-state index contributed by atoms with van der Waals surface area (Å²) in [6, 6.07) is 0. The summed E-state index contributed by atoms with van der Waals surface area (Å²) in [6.07, 6.45) is 5.98. The van der Waals surface area contributed by atoms with Crippen LogP contribution in [0.5, 0.6) is 0 Å². The van der Waals surface area contributed by atoms with Crippen LogP contribution >= 0.6 is 0 Å². The van der Waals surface area contributed by atoms with Gasteiger partial charge in [0.2, 0.25) is 0 Å². The molecule has 0 aromatic rings. The van der Waals surface area contributed by atoms with Gasteiger partial charge < -0.3 is 15.4 Å². The second kappa shape index (κ2) is 8.33. The van der Waals surface area contributed by atoms with Crippen LogP contribution in [0.4, 0.5) is 0 Å². The highest BCUT2D eigenvalue weighted by atomic mass is 32.2. The first-order valence-corrected chi connectivity index (χ1v) is 10.3. The molecule has 0 bridgehead atoms. The quantitative estimate of drug-likeness (QED) is 0.489. The molecule has 0 aromatic heterocycles. The number of hydrogen-bond donors (Lipinski definition) is 2. The lowest BCUT2D eigenvalue weighted by molar-refractivity contribution is 0.0732. The molecule has 1 rings (SSSR count). The zero-order chi connectivity index (χ0) is 17.6. The number of aliphatic imine (C=N–C) groups is 1. The zero-order valence-electron chi connectivity index (χ0n) is 15.2. The number of rotatable bonds is 9. The van der Waals surface area contributed by atoms with Gasteiger partial charge in [0.05, 0.1) is 11.3 Å². The SMILES string of the molecule is CCNC(=NCC(C)(C)S(C)(=O)=O)NCC1(CCOC)CCC1. The Balaban J connectivity index is 2.66. The average molecular weight is 348 g/mol. The van der Waals surface area contributed by atoms with Crippen LogP contribution in [0.15, 0.2) is 4.99 Å². The predicted octanol–water partition coefficient (Wildman–Crippen LogP) is 1.57. The van der Waals surface area contributed by atoms with Crippen molar-refractivity contribution in [3.8, 4) is 0 Å². The maximum Gasteiger partial charge on any atom is 0.191 e. The Morgan fingerprint density at radius 3 is 2.39 bits per heavy atom. The monoisotopic (exact) mass is 347 g/mol. The minimum Gasteiger partial charge on any atom is -0.385 e. The van der Waals surface area contributed by atoms with E-state index in [1.54, 1.807) is 21.0 Å². The second-order valence-electron chi connectivity index (χ2n) is 7.18. The summed E-state index contributed by atoms with van der Waals surface area (Å²) in [4.78, 5) is 4.48. The van der Waals surface area contributed by atoms with Crippen LogP contribution in [0.2, 0.25) is 0 Å². The van der Waals surface area contributed by atoms with Gasteiger partial charge in [-0.15, -0.1) is 0 Å². The predicted molar refractivity (Wildman–Crippen MR) is 95.7 cm³/mol. The number of sulfone groups is 1. The van der Waals surface area contributed by atoms with E-state index >= 15 is 0 Å². The molecule has 0 aliphatic heterocycles. The topological polar surface area (TPSA) is 79.8 Å². The van der Waals surface area contributed by atoms with Gasteiger partial charge in [0.1, 0.15) is 0 Å². The van der Waals surface area contributed by atoms with Gasteiger partial charge in [0.15, 0.2) is 15.8 Å². The third-order valence-corrected chi connectivity index (χ3v) is 6.98.